The van der Waals surface area contributed by atoms with Gasteiger partial charge in [0.1, 0.15) is 0 Å². The van der Waals surface area contributed by atoms with Gasteiger partial charge in [0.2, 0.25) is 6.04 Å². The number of carbonyl (C=O) groups excluding carboxylic acids is 1. The van der Waals surface area contributed by atoms with Crippen LogP contribution in [0.1, 0.15) is 35.3 Å². The summed E-state index contributed by atoms with van der Waals surface area (Å²) < 4.78 is 0. The van der Waals surface area contributed by atoms with E-state index in [9.17, 15) is 14.4 Å². The Morgan fingerprint density at radius 1 is 1.10 bits per heavy atom. The van der Waals surface area contributed by atoms with E-state index in [0.29, 0.717) is 12.0 Å². The predicted octanol–water partition coefficient (Wildman–Crippen LogP) is 1.08. The van der Waals surface area contributed by atoms with Crippen LogP contribution in [0.4, 0.5) is 0 Å². The molecule has 0 unspecified atom stereocenters. The van der Waals surface area contributed by atoms with Gasteiger partial charge in [0.25, 0.3) is 5.91 Å². The molecular weight excluding hydrogens is 262 g/mol. The standard InChI is InChI=1S/C14H17NO5/c1-3-8-6-5-7-10(9(8)4-2)12(16)15-11(13(17)18)14(19)20/h5-7,11H,3-4H2,1-2H3,(H,15,16)(H,17,18)(H,19,20). The molecule has 0 heterocycles. The first-order valence-electron chi connectivity index (χ1n) is 6.29. The zero-order chi connectivity index (χ0) is 15.3. The number of rotatable bonds is 6. The molecule has 0 bridgehead atoms. The Bertz CT molecular complexity index is 524. The molecule has 0 aliphatic carbocycles. The average molecular weight is 279 g/mol. The average Bonchev–Trinajstić information content (AvgIpc) is 2.42. The second kappa shape index (κ2) is 6.70. The van der Waals surface area contributed by atoms with E-state index >= 15 is 0 Å². The van der Waals surface area contributed by atoms with Gasteiger partial charge in [-0.05, 0) is 30.0 Å². The number of aryl methyl sites for hydroxylation is 1. The van der Waals surface area contributed by atoms with Gasteiger partial charge in [-0.1, -0.05) is 26.0 Å². The van der Waals surface area contributed by atoms with Crippen LogP contribution in [0.5, 0.6) is 0 Å². The molecule has 1 aromatic rings. The van der Waals surface area contributed by atoms with E-state index in [1.165, 1.54) is 0 Å². The molecule has 0 saturated carbocycles. The van der Waals surface area contributed by atoms with Crippen molar-refractivity contribution in [3.63, 3.8) is 0 Å². The molecule has 20 heavy (non-hydrogen) atoms. The lowest BCUT2D eigenvalue weighted by Crippen LogP contribution is -2.46. The molecule has 0 fully saturated rings. The second-order valence-electron chi connectivity index (χ2n) is 4.23. The summed E-state index contributed by atoms with van der Waals surface area (Å²) in [5, 5.41) is 19.6. The maximum absolute atomic E-state index is 12.1. The lowest BCUT2D eigenvalue weighted by Gasteiger charge is -2.14. The van der Waals surface area contributed by atoms with Gasteiger partial charge >= 0.3 is 11.9 Å². The number of amides is 1. The van der Waals surface area contributed by atoms with E-state index in [4.69, 9.17) is 10.2 Å². The van der Waals surface area contributed by atoms with Gasteiger partial charge in [-0.3, -0.25) is 4.79 Å². The number of benzene rings is 1. The lowest BCUT2D eigenvalue weighted by atomic mass is 9.96. The van der Waals surface area contributed by atoms with Gasteiger partial charge in [-0.2, -0.15) is 0 Å². The normalized spacial score (nSPS) is 10.3. The Labute approximate surface area is 116 Å². The minimum absolute atomic E-state index is 0.319. The van der Waals surface area contributed by atoms with Crippen LogP contribution >= 0.6 is 0 Å². The van der Waals surface area contributed by atoms with Crippen molar-refractivity contribution in [3.05, 3.63) is 34.9 Å². The molecule has 108 valence electrons. The zero-order valence-electron chi connectivity index (χ0n) is 11.3. The summed E-state index contributed by atoms with van der Waals surface area (Å²) in [5.41, 5.74) is 2.11. The van der Waals surface area contributed by atoms with E-state index < -0.39 is 23.9 Å². The molecule has 1 aromatic carbocycles. The van der Waals surface area contributed by atoms with Crippen molar-refractivity contribution in [2.75, 3.05) is 0 Å². The molecule has 0 radical (unpaired) electrons. The number of hydrogen-bond donors (Lipinski definition) is 3. The SMILES string of the molecule is CCc1cccc(C(=O)NC(C(=O)O)C(=O)O)c1CC. The van der Waals surface area contributed by atoms with E-state index in [0.717, 1.165) is 17.5 Å². The lowest BCUT2D eigenvalue weighted by molar-refractivity contribution is -0.150. The summed E-state index contributed by atoms with van der Waals surface area (Å²) in [6.45, 7) is 3.84. The van der Waals surface area contributed by atoms with E-state index in [-0.39, 0.29) is 0 Å². The number of hydrogen-bond acceptors (Lipinski definition) is 3. The van der Waals surface area contributed by atoms with Crippen LogP contribution in [0, 0.1) is 0 Å². The maximum Gasteiger partial charge on any atom is 0.338 e. The molecule has 0 aliphatic rings. The van der Waals surface area contributed by atoms with Gasteiger partial charge in [-0.25, -0.2) is 9.59 Å². The van der Waals surface area contributed by atoms with Crippen LogP contribution in [0.15, 0.2) is 18.2 Å². The topological polar surface area (TPSA) is 104 Å². The van der Waals surface area contributed by atoms with Crippen molar-refractivity contribution >= 4 is 17.8 Å². The molecule has 6 heteroatoms. The molecule has 0 aliphatic heterocycles. The highest BCUT2D eigenvalue weighted by atomic mass is 16.4. The monoisotopic (exact) mass is 279 g/mol. The first-order valence-corrected chi connectivity index (χ1v) is 6.29. The highest BCUT2D eigenvalue weighted by Gasteiger charge is 2.28. The fourth-order valence-corrected chi connectivity index (χ4v) is 2.03. The third-order valence-electron chi connectivity index (χ3n) is 3.02. The van der Waals surface area contributed by atoms with Crippen LogP contribution in [-0.4, -0.2) is 34.1 Å². The summed E-state index contributed by atoms with van der Waals surface area (Å²) in [6, 6.07) is 3.21. The highest BCUT2D eigenvalue weighted by molar-refractivity contribution is 6.05. The minimum atomic E-state index is -1.95. The number of carboxylic acid groups (broad SMARTS) is 2. The molecule has 0 atom stereocenters. The fourth-order valence-electron chi connectivity index (χ4n) is 2.03. The largest absolute Gasteiger partial charge is 0.479 e. The smallest absolute Gasteiger partial charge is 0.338 e. The Morgan fingerprint density at radius 3 is 2.15 bits per heavy atom. The van der Waals surface area contributed by atoms with E-state index in [1.54, 1.807) is 12.1 Å². The van der Waals surface area contributed by atoms with Gasteiger partial charge in [0.05, 0.1) is 0 Å². The molecule has 6 nitrogen and oxygen atoms in total. The molecular formula is C14H17NO5. The Morgan fingerprint density at radius 2 is 1.70 bits per heavy atom. The van der Waals surface area contributed by atoms with Crippen molar-refractivity contribution < 1.29 is 24.6 Å². The molecule has 0 saturated heterocycles. The second-order valence-corrected chi connectivity index (χ2v) is 4.23. The summed E-state index contributed by atoms with van der Waals surface area (Å²) in [4.78, 5) is 33.7. The van der Waals surface area contributed by atoms with E-state index in [1.807, 2.05) is 25.2 Å². The van der Waals surface area contributed by atoms with Gasteiger partial charge in [0.15, 0.2) is 0 Å². The van der Waals surface area contributed by atoms with Crippen LogP contribution < -0.4 is 5.32 Å². The summed E-state index contributed by atoms with van der Waals surface area (Å²) in [5.74, 6) is -3.89. The van der Waals surface area contributed by atoms with Crippen LogP contribution in [0.2, 0.25) is 0 Å². The van der Waals surface area contributed by atoms with Crippen molar-refractivity contribution in [1.82, 2.24) is 5.32 Å². The first kappa shape index (κ1) is 15.7. The van der Waals surface area contributed by atoms with Crippen LogP contribution in [-0.2, 0) is 22.4 Å². The highest BCUT2D eigenvalue weighted by Crippen LogP contribution is 2.16. The number of aliphatic carboxylic acids is 2. The van der Waals surface area contributed by atoms with Crippen molar-refractivity contribution in [2.24, 2.45) is 0 Å². The molecule has 0 aromatic heterocycles. The number of nitrogens with one attached hydrogen (secondary N) is 1. The molecule has 1 rings (SSSR count). The summed E-state index contributed by atoms with van der Waals surface area (Å²) in [7, 11) is 0. The maximum atomic E-state index is 12.1. The third-order valence-corrected chi connectivity index (χ3v) is 3.02. The van der Waals surface area contributed by atoms with Crippen LogP contribution in [0.25, 0.3) is 0 Å². The van der Waals surface area contributed by atoms with Crippen molar-refractivity contribution in [1.29, 1.82) is 0 Å². The number of carboxylic acids is 2. The molecule has 1 amide bonds. The van der Waals surface area contributed by atoms with Gasteiger partial charge < -0.3 is 15.5 Å². The van der Waals surface area contributed by atoms with Gasteiger partial charge in [-0.15, -0.1) is 0 Å². The van der Waals surface area contributed by atoms with Gasteiger partial charge in [0, 0.05) is 5.56 Å². The summed E-state index contributed by atoms with van der Waals surface area (Å²) in [6.07, 6.45) is 1.35. The molecule has 3 N–H and O–H groups in total. The van der Waals surface area contributed by atoms with E-state index in [2.05, 4.69) is 0 Å². The quantitative estimate of drug-likeness (QED) is 0.676. The van der Waals surface area contributed by atoms with Crippen molar-refractivity contribution in [3.8, 4) is 0 Å². The van der Waals surface area contributed by atoms with Crippen molar-refractivity contribution in [2.45, 2.75) is 32.7 Å². The zero-order valence-corrected chi connectivity index (χ0v) is 11.3. The molecule has 0 spiro atoms. The fraction of sp³-hybridized carbons (Fsp3) is 0.357. The van der Waals surface area contributed by atoms with Crippen LogP contribution in [0.3, 0.4) is 0 Å². The minimum Gasteiger partial charge on any atom is -0.479 e. The Kier molecular flexibility index (Phi) is 5.25. The summed E-state index contributed by atoms with van der Waals surface area (Å²) >= 11 is 0. The number of carbonyl (C=O) groups is 3. The first-order chi connectivity index (χ1) is 9.42. The Hall–Kier alpha value is -2.37. The third kappa shape index (κ3) is 3.34. The Balaban J connectivity index is 3.09. The predicted molar refractivity (Wildman–Crippen MR) is 71.7 cm³/mol.